The second kappa shape index (κ2) is 3.88. The van der Waals surface area contributed by atoms with Gasteiger partial charge in [0.1, 0.15) is 18.5 Å². The SMILES string of the molecule is O=C(CO)NNc1ncnc2nc[nH]c12. The molecule has 0 bridgehead atoms. The summed E-state index contributed by atoms with van der Waals surface area (Å²) in [6.45, 7) is -0.593. The number of aliphatic hydroxyl groups excluding tert-OH is 1. The highest BCUT2D eigenvalue weighted by molar-refractivity contribution is 5.84. The Bertz CT molecular complexity index is 481. The molecular formula is C7H8N6O2. The lowest BCUT2D eigenvalue weighted by molar-refractivity contribution is -0.123. The van der Waals surface area contributed by atoms with Gasteiger partial charge >= 0.3 is 0 Å². The van der Waals surface area contributed by atoms with Gasteiger partial charge in [0.2, 0.25) is 0 Å². The zero-order chi connectivity index (χ0) is 10.7. The van der Waals surface area contributed by atoms with Crippen molar-refractivity contribution in [3.05, 3.63) is 12.7 Å². The molecular weight excluding hydrogens is 200 g/mol. The third-order valence-electron chi connectivity index (χ3n) is 1.69. The molecule has 1 amide bonds. The Labute approximate surface area is 83.7 Å². The number of rotatable bonds is 3. The van der Waals surface area contributed by atoms with E-state index in [9.17, 15) is 4.79 Å². The molecule has 0 aliphatic heterocycles. The number of carbonyl (C=O) groups is 1. The van der Waals surface area contributed by atoms with Crippen LogP contribution in [-0.2, 0) is 4.79 Å². The molecule has 0 fully saturated rings. The average Bonchev–Trinajstić information content (AvgIpc) is 2.74. The zero-order valence-corrected chi connectivity index (χ0v) is 7.56. The van der Waals surface area contributed by atoms with Gasteiger partial charge in [-0.2, -0.15) is 0 Å². The normalized spacial score (nSPS) is 10.2. The molecule has 78 valence electrons. The van der Waals surface area contributed by atoms with Crippen LogP contribution in [0.3, 0.4) is 0 Å². The minimum absolute atomic E-state index is 0.388. The molecule has 0 saturated heterocycles. The molecule has 0 aromatic carbocycles. The van der Waals surface area contributed by atoms with E-state index in [4.69, 9.17) is 5.11 Å². The van der Waals surface area contributed by atoms with Gasteiger partial charge in [-0.25, -0.2) is 15.0 Å². The first-order chi connectivity index (χ1) is 7.31. The van der Waals surface area contributed by atoms with Gasteiger partial charge in [0.25, 0.3) is 5.91 Å². The summed E-state index contributed by atoms with van der Waals surface area (Å²) < 4.78 is 0. The summed E-state index contributed by atoms with van der Waals surface area (Å²) in [5.41, 5.74) is 5.87. The summed E-state index contributed by atoms with van der Waals surface area (Å²) >= 11 is 0. The second-order valence-corrected chi connectivity index (χ2v) is 2.65. The van der Waals surface area contributed by atoms with Crippen LogP contribution in [0.4, 0.5) is 5.82 Å². The fourth-order valence-corrected chi connectivity index (χ4v) is 1.03. The predicted molar refractivity (Wildman–Crippen MR) is 50.5 cm³/mol. The zero-order valence-electron chi connectivity index (χ0n) is 7.56. The van der Waals surface area contributed by atoms with E-state index in [1.807, 2.05) is 0 Å². The Balaban J connectivity index is 2.20. The molecule has 2 rings (SSSR count). The van der Waals surface area contributed by atoms with Crippen LogP contribution >= 0.6 is 0 Å². The van der Waals surface area contributed by atoms with E-state index in [1.165, 1.54) is 12.7 Å². The maximum atomic E-state index is 10.8. The quantitative estimate of drug-likeness (QED) is 0.470. The molecule has 0 atom stereocenters. The van der Waals surface area contributed by atoms with E-state index in [1.54, 1.807) is 0 Å². The van der Waals surface area contributed by atoms with E-state index in [0.29, 0.717) is 17.0 Å². The lowest BCUT2D eigenvalue weighted by Crippen LogP contribution is -2.32. The van der Waals surface area contributed by atoms with Gasteiger partial charge in [0.05, 0.1) is 6.33 Å². The minimum atomic E-state index is -0.593. The van der Waals surface area contributed by atoms with Crippen LogP contribution in [-0.4, -0.2) is 37.6 Å². The van der Waals surface area contributed by atoms with Crippen LogP contribution in [0.1, 0.15) is 0 Å². The summed E-state index contributed by atoms with van der Waals surface area (Å²) in [5, 5.41) is 8.48. The lowest BCUT2D eigenvalue weighted by Gasteiger charge is -2.05. The Kier molecular flexibility index (Phi) is 2.42. The van der Waals surface area contributed by atoms with Crippen LogP contribution < -0.4 is 10.9 Å². The molecule has 0 unspecified atom stereocenters. The molecule has 0 saturated carbocycles. The molecule has 0 spiro atoms. The molecule has 0 radical (unpaired) electrons. The van der Waals surface area contributed by atoms with Crippen molar-refractivity contribution < 1.29 is 9.90 Å². The molecule has 8 heteroatoms. The second-order valence-electron chi connectivity index (χ2n) is 2.65. The number of fused-ring (bicyclic) bond motifs is 1. The monoisotopic (exact) mass is 208 g/mol. The van der Waals surface area contributed by atoms with Crippen molar-refractivity contribution in [1.82, 2.24) is 25.4 Å². The molecule has 8 nitrogen and oxygen atoms in total. The maximum Gasteiger partial charge on any atom is 0.264 e. The smallest absolute Gasteiger partial charge is 0.264 e. The summed E-state index contributed by atoms with van der Waals surface area (Å²) in [5.74, 6) is -0.166. The number of imidazole rings is 1. The van der Waals surface area contributed by atoms with Crippen molar-refractivity contribution >= 4 is 22.9 Å². The Morgan fingerprint density at radius 3 is 3.13 bits per heavy atom. The first-order valence-electron chi connectivity index (χ1n) is 4.11. The average molecular weight is 208 g/mol. The number of aliphatic hydroxyl groups is 1. The number of aromatic amines is 1. The van der Waals surface area contributed by atoms with Crippen LogP contribution in [0, 0.1) is 0 Å². The first kappa shape index (κ1) is 9.34. The third-order valence-corrected chi connectivity index (χ3v) is 1.69. The van der Waals surface area contributed by atoms with E-state index in [2.05, 4.69) is 30.8 Å². The first-order valence-corrected chi connectivity index (χ1v) is 4.11. The van der Waals surface area contributed by atoms with Gasteiger partial charge in [-0.05, 0) is 0 Å². The molecule has 15 heavy (non-hydrogen) atoms. The van der Waals surface area contributed by atoms with E-state index in [0.717, 1.165) is 0 Å². The molecule has 2 heterocycles. The standard InChI is InChI=1S/C7H8N6O2/c14-1-4(15)12-13-7-5-6(9-2-8-5)10-3-11-7/h2-3,14H,1H2,(H,12,15)(H2,8,9,10,11,13). The van der Waals surface area contributed by atoms with E-state index in [-0.39, 0.29) is 0 Å². The van der Waals surface area contributed by atoms with Crippen LogP contribution in [0.5, 0.6) is 0 Å². The molecule has 4 N–H and O–H groups in total. The molecule has 2 aromatic rings. The van der Waals surface area contributed by atoms with Crippen molar-refractivity contribution in [3.63, 3.8) is 0 Å². The van der Waals surface area contributed by atoms with Crippen molar-refractivity contribution in [2.45, 2.75) is 0 Å². The van der Waals surface area contributed by atoms with Crippen molar-refractivity contribution in [3.8, 4) is 0 Å². The number of hydrogen-bond acceptors (Lipinski definition) is 6. The summed E-state index contributed by atoms with van der Waals surface area (Å²) in [7, 11) is 0. The van der Waals surface area contributed by atoms with Gasteiger partial charge in [0, 0.05) is 0 Å². The Hall–Kier alpha value is -2.22. The number of H-pyrrole nitrogens is 1. The highest BCUT2D eigenvalue weighted by Crippen LogP contribution is 2.12. The minimum Gasteiger partial charge on any atom is -0.386 e. The topological polar surface area (TPSA) is 116 Å². The predicted octanol–water partition coefficient (Wildman–Crippen LogP) is -1.21. The van der Waals surface area contributed by atoms with Crippen molar-refractivity contribution in [1.29, 1.82) is 0 Å². The molecule has 0 aliphatic carbocycles. The van der Waals surface area contributed by atoms with Gasteiger partial charge in [-0.1, -0.05) is 0 Å². The van der Waals surface area contributed by atoms with Crippen LogP contribution in [0.25, 0.3) is 11.2 Å². The van der Waals surface area contributed by atoms with Gasteiger partial charge < -0.3 is 10.1 Å². The van der Waals surface area contributed by atoms with Crippen LogP contribution in [0.15, 0.2) is 12.7 Å². The maximum absolute atomic E-state index is 10.8. The van der Waals surface area contributed by atoms with Gasteiger partial charge in [0.15, 0.2) is 11.5 Å². The van der Waals surface area contributed by atoms with Gasteiger partial charge in [-0.15, -0.1) is 0 Å². The number of nitrogens with zero attached hydrogens (tertiary/aromatic N) is 3. The van der Waals surface area contributed by atoms with E-state index >= 15 is 0 Å². The molecule has 0 aliphatic rings. The van der Waals surface area contributed by atoms with Crippen LogP contribution in [0.2, 0.25) is 0 Å². The summed E-state index contributed by atoms with van der Waals surface area (Å²) in [4.78, 5) is 25.3. The summed E-state index contributed by atoms with van der Waals surface area (Å²) in [6.07, 6.45) is 2.79. The number of aromatic nitrogens is 4. The lowest BCUT2D eigenvalue weighted by atomic mass is 10.5. The highest BCUT2D eigenvalue weighted by atomic mass is 16.3. The number of carbonyl (C=O) groups excluding carboxylic acids is 1. The van der Waals surface area contributed by atoms with Crippen molar-refractivity contribution in [2.75, 3.05) is 12.0 Å². The fraction of sp³-hybridized carbons (Fsp3) is 0.143. The number of hydrogen-bond donors (Lipinski definition) is 4. The third kappa shape index (κ3) is 1.83. The molecule has 2 aromatic heterocycles. The largest absolute Gasteiger partial charge is 0.386 e. The number of anilines is 1. The number of hydrazine groups is 1. The fourth-order valence-electron chi connectivity index (χ4n) is 1.03. The summed E-state index contributed by atoms with van der Waals surface area (Å²) in [6, 6.07) is 0. The Morgan fingerprint density at radius 1 is 1.47 bits per heavy atom. The van der Waals surface area contributed by atoms with E-state index < -0.39 is 12.5 Å². The van der Waals surface area contributed by atoms with Gasteiger partial charge in [-0.3, -0.25) is 15.6 Å². The van der Waals surface area contributed by atoms with Crippen molar-refractivity contribution in [2.24, 2.45) is 0 Å². The number of nitrogens with one attached hydrogen (secondary N) is 3. The Morgan fingerprint density at radius 2 is 2.33 bits per heavy atom. The highest BCUT2D eigenvalue weighted by Gasteiger charge is 2.05. The number of amides is 1.